The van der Waals surface area contributed by atoms with Gasteiger partial charge < -0.3 is 13.9 Å². The quantitative estimate of drug-likeness (QED) is 0.237. The molecule has 9 rings (SSSR count). The zero-order valence-electron chi connectivity index (χ0n) is 20.9. The average molecular weight is 500 g/mol. The van der Waals surface area contributed by atoms with Crippen molar-refractivity contribution in [1.29, 1.82) is 0 Å². The van der Waals surface area contributed by atoms with Gasteiger partial charge in [0.25, 0.3) is 0 Å². The zero-order valence-corrected chi connectivity index (χ0v) is 20.9. The zero-order chi connectivity index (χ0) is 25.5. The molecule has 0 saturated carbocycles. The Morgan fingerprint density at radius 1 is 0.564 bits per heavy atom. The van der Waals surface area contributed by atoms with E-state index in [-0.39, 0.29) is 0 Å². The highest BCUT2D eigenvalue weighted by molar-refractivity contribution is 6.26. The minimum absolute atomic E-state index is 0.919. The van der Waals surface area contributed by atoms with Gasteiger partial charge in [-0.05, 0) is 65.7 Å². The summed E-state index contributed by atoms with van der Waals surface area (Å²) in [5.74, 6) is 0. The minimum Gasteiger partial charge on any atom is -0.455 e. The lowest BCUT2D eigenvalue weighted by Crippen LogP contribution is -2.17. The molecule has 0 aliphatic carbocycles. The summed E-state index contributed by atoms with van der Waals surface area (Å²) < 4.78 is 8.92. The van der Waals surface area contributed by atoms with Crippen molar-refractivity contribution in [3.63, 3.8) is 0 Å². The van der Waals surface area contributed by atoms with Crippen molar-refractivity contribution in [2.45, 2.75) is 0 Å². The van der Waals surface area contributed by atoms with E-state index in [0.717, 1.165) is 66.7 Å². The predicted molar refractivity (Wildman–Crippen MR) is 160 cm³/mol. The summed E-state index contributed by atoms with van der Waals surface area (Å²) in [7, 11) is 0. The molecule has 5 aromatic carbocycles. The molecule has 0 unspecified atom stereocenters. The fourth-order valence-corrected chi connectivity index (χ4v) is 6.33. The maximum atomic E-state index is 6.51. The van der Waals surface area contributed by atoms with E-state index in [1.165, 1.54) is 10.9 Å². The Morgan fingerprint density at radius 3 is 2.23 bits per heavy atom. The second kappa shape index (κ2) is 7.59. The first-order valence-corrected chi connectivity index (χ1v) is 13.1. The van der Waals surface area contributed by atoms with Crippen LogP contribution in [-0.2, 0) is 0 Å². The fourth-order valence-electron chi connectivity index (χ4n) is 6.33. The van der Waals surface area contributed by atoms with Gasteiger partial charge in [-0.2, -0.15) is 0 Å². The van der Waals surface area contributed by atoms with Gasteiger partial charge in [0.15, 0.2) is 0 Å². The number of hydrogen-bond donors (Lipinski definition) is 0. The smallest absolute Gasteiger partial charge is 0.145 e. The van der Waals surface area contributed by atoms with E-state index in [4.69, 9.17) is 4.42 Å². The van der Waals surface area contributed by atoms with Crippen LogP contribution < -0.4 is 4.90 Å². The number of anilines is 3. The number of furan rings is 1. The molecule has 8 aromatic rings. The van der Waals surface area contributed by atoms with E-state index in [1.807, 2.05) is 18.3 Å². The van der Waals surface area contributed by atoms with Gasteiger partial charge >= 0.3 is 0 Å². The molecule has 0 fully saturated rings. The minimum atomic E-state index is 0.919. The largest absolute Gasteiger partial charge is 0.455 e. The third-order valence-electron chi connectivity index (χ3n) is 8.00. The molecular formula is C35H21N3O. The summed E-state index contributed by atoms with van der Waals surface area (Å²) in [5.41, 5.74) is 11.0. The standard InChI is InChI=1S/C35H21N3O/c1-4-13-32-25(8-1)26-18-19-30-33(35(26)39-32)27-9-5-12-31-34(27)38(30)29-11-3-2-10-28(29)37(31)24-16-14-22(15-17-24)23-7-6-20-36-21-23/h1-21H. The summed E-state index contributed by atoms with van der Waals surface area (Å²) in [6.45, 7) is 0. The molecule has 4 heteroatoms. The number of para-hydroxylation sites is 4. The van der Waals surface area contributed by atoms with Crippen molar-refractivity contribution in [3.8, 4) is 16.8 Å². The van der Waals surface area contributed by atoms with Crippen LogP contribution in [0.25, 0.3) is 60.6 Å². The van der Waals surface area contributed by atoms with Crippen LogP contribution in [0.4, 0.5) is 17.1 Å². The highest BCUT2D eigenvalue weighted by atomic mass is 16.3. The normalized spacial score (nSPS) is 12.6. The number of fused-ring (bicyclic) bond motifs is 9. The molecule has 0 bridgehead atoms. The number of pyridine rings is 1. The van der Waals surface area contributed by atoms with Crippen LogP contribution in [0.15, 0.2) is 132 Å². The maximum Gasteiger partial charge on any atom is 0.145 e. The van der Waals surface area contributed by atoms with E-state index in [9.17, 15) is 0 Å². The number of hydrogen-bond acceptors (Lipinski definition) is 3. The molecule has 0 saturated heterocycles. The SMILES string of the molecule is c1cncc(-c2ccc(N3c4ccccc4-n4c5ccc6c7ccccc7oc6c5c5cccc3c54)cc2)c1. The highest BCUT2D eigenvalue weighted by Crippen LogP contribution is 2.51. The highest BCUT2D eigenvalue weighted by Gasteiger charge is 2.29. The van der Waals surface area contributed by atoms with Crippen molar-refractivity contribution in [2.75, 3.05) is 4.90 Å². The molecule has 0 radical (unpaired) electrons. The van der Waals surface area contributed by atoms with Gasteiger partial charge in [0.2, 0.25) is 0 Å². The van der Waals surface area contributed by atoms with Crippen LogP contribution in [0.5, 0.6) is 0 Å². The van der Waals surface area contributed by atoms with Gasteiger partial charge in [-0.3, -0.25) is 4.98 Å². The first-order chi connectivity index (χ1) is 19.4. The molecular weight excluding hydrogens is 478 g/mol. The molecule has 4 heterocycles. The van der Waals surface area contributed by atoms with Crippen LogP contribution in [0, 0.1) is 0 Å². The Bertz CT molecular complexity index is 2220. The summed E-state index contributed by atoms with van der Waals surface area (Å²) in [6.07, 6.45) is 3.71. The molecule has 4 nitrogen and oxygen atoms in total. The number of aromatic nitrogens is 2. The summed E-state index contributed by atoms with van der Waals surface area (Å²) >= 11 is 0. The fraction of sp³-hybridized carbons (Fsp3) is 0. The lowest BCUT2D eigenvalue weighted by Gasteiger charge is -2.33. The van der Waals surface area contributed by atoms with E-state index in [2.05, 4.69) is 118 Å². The number of rotatable bonds is 2. The average Bonchev–Trinajstić information content (AvgIpc) is 3.55. The van der Waals surface area contributed by atoms with Crippen molar-refractivity contribution in [2.24, 2.45) is 0 Å². The molecule has 182 valence electrons. The van der Waals surface area contributed by atoms with Crippen LogP contribution in [0.1, 0.15) is 0 Å². The van der Waals surface area contributed by atoms with Crippen LogP contribution in [-0.4, -0.2) is 9.55 Å². The monoisotopic (exact) mass is 499 g/mol. The summed E-state index contributed by atoms with van der Waals surface area (Å²) in [5, 5.41) is 4.65. The van der Waals surface area contributed by atoms with Crippen LogP contribution in [0.3, 0.4) is 0 Å². The maximum absolute atomic E-state index is 6.51. The van der Waals surface area contributed by atoms with Crippen LogP contribution >= 0.6 is 0 Å². The van der Waals surface area contributed by atoms with Gasteiger partial charge in [0.1, 0.15) is 11.2 Å². The molecule has 1 aliphatic rings. The van der Waals surface area contributed by atoms with Gasteiger partial charge in [-0.15, -0.1) is 0 Å². The second-order valence-electron chi connectivity index (χ2n) is 10.1. The van der Waals surface area contributed by atoms with Gasteiger partial charge in [0.05, 0.1) is 33.5 Å². The third kappa shape index (κ3) is 2.75. The van der Waals surface area contributed by atoms with E-state index in [1.54, 1.807) is 6.20 Å². The summed E-state index contributed by atoms with van der Waals surface area (Å²) in [6, 6.07) is 40.8. The molecule has 0 spiro atoms. The lowest BCUT2D eigenvalue weighted by molar-refractivity contribution is 0.673. The second-order valence-corrected chi connectivity index (χ2v) is 10.1. The number of benzene rings is 5. The van der Waals surface area contributed by atoms with Crippen molar-refractivity contribution in [3.05, 3.63) is 128 Å². The lowest BCUT2D eigenvalue weighted by atomic mass is 10.0. The summed E-state index contributed by atoms with van der Waals surface area (Å²) in [4.78, 5) is 6.66. The topological polar surface area (TPSA) is 34.2 Å². The van der Waals surface area contributed by atoms with Crippen molar-refractivity contribution >= 4 is 60.8 Å². The number of nitrogens with zero attached hydrogens (tertiary/aromatic N) is 3. The molecule has 0 amide bonds. The Morgan fingerprint density at radius 2 is 1.36 bits per heavy atom. The molecule has 3 aromatic heterocycles. The van der Waals surface area contributed by atoms with E-state index >= 15 is 0 Å². The molecule has 0 N–H and O–H groups in total. The first kappa shape index (κ1) is 20.7. The predicted octanol–water partition coefficient (Wildman–Crippen LogP) is 9.53. The van der Waals surface area contributed by atoms with Crippen LogP contribution in [0.2, 0.25) is 0 Å². The van der Waals surface area contributed by atoms with Crippen molar-refractivity contribution in [1.82, 2.24) is 9.55 Å². The molecule has 0 atom stereocenters. The van der Waals surface area contributed by atoms with E-state index in [0.29, 0.717) is 0 Å². The Labute approximate surface area is 224 Å². The van der Waals surface area contributed by atoms with E-state index < -0.39 is 0 Å². The Balaban J connectivity index is 1.35. The molecule has 1 aliphatic heterocycles. The van der Waals surface area contributed by atoms with Crippen molar-refractivity contribution < 1.29 is 4.42 Å². The van der Waals surface area contributed by atoms with Gasteiger partial charge in [-0.25, -0.2) is 0 Å². The van der Waals surface area contributed by atoms with Gasteiger partial charge in [-0.1, -0.05) is 60.7 Å². The third-order valence-corrected chi connectivity index (χ3v) is 8.00. The van der Waals surface area contributed by atoms with Gasteiger partial charge in [0, 0.05) is 34.2 Å². The Hall–Kier alpha value is -5.35. The first-order valence-electron chi connectivity index (χ1n) is 13.1. The molecule has 39 heavy (non-hydrogen) atoms. The Kier molecular flexibility index (Phi) is 4.02.